The Labute approximate surface area is 479 Å². The van der Waals surface area contributed by atoms with Crippen molar-refractivity contribution in [1.82, 2.24) is 31.9 Å². The van der Waals surface area contributed by atoms with Gasteiger partial charge in [-0.15, -0.1) is 0 Å². The molecule has 0 aromatic heterocycles. The van der Waals surface area contributed by atoms with Gasteiger partial charge in [-0.05, 0) is 119 Å². The third-order valence-corrected chi connectivity index (χ3v) is 12.5. The number of amides is 6. The maximum absolute atomic E-state index is 11.8. The lowest BCUT2D eigenvalue weighted by Crippen LogP contribution is -2.41. The molecule has 0 aliphatic rings. The molecule has 462 valence electrons. The molecule has 2 unspecified atom stereocenters. The highest BCUT2D eigenvalue weighted by molar-refractivity contribution is 7.80. The van der Waals surface area contributed by atoms with Crippen molar-refractivity contribution in [1.29, 1.82) is 0 Å². The second-order valence-electron chi connectivity index (χ2n) is 17.5. The summed E-state index contributed by atoms with van der Waals surface area (Å²) < 4.78 is 11.8. The van der Waals surface area contributed by atoms with Gasteiger partial charge in [-0.2, -0.15) is 41.4 Å². The Morgan fingerprint density at radius 3 is 1.18 bits per heavy atom. The summed E-state index contributed by atoms with van der Waals surface area (Å²) in [7, 11) is -3.44. The number of hydrogen-bond acceptors (Lipinski definition) is 19. The molecule has 17 N–H and O–H groups in total. The second-order valence-corrected chi connectivity index (χ2v) is 20.4. The first-order valence-corrected chi connectivity index (χ1v) is 27.6. The molecule has 82 heavy (non-hydrogen) atoms. The first kappa shape index (κ1) is 82.7. The van der Waals surface area contributed by atoms with Crippen molar-refractivity contribution in [2.75, 3.05) is 43.4 Å². The van der Waals surface area contributed by atoms with Crippen molar-refractivity contribution in [3.05, 3.63) is 59.7 Å². The number of benzene rings is 2. The zero-order valence-corrected chi connectivity index (χ0v) is 47.8. The number of aliphatic carboxylic acids is 5. The van der Waals surface area contributed by atoms with Crippen LogP contribution in [0.15, 0.2) is 48.5 Å². The minimum atomic E-state index is -3.44. The topological polar surface area (TPSA) is 522 Å². The summed E-state index contributed by atoms with van der Waals surface area (Å²) in [6.45, 7) is 8.60. The lowest BCUT2D eigenvalue weighted by atomic mass is 10.1. The standard InChI is InChI=1S/C14H21N3O3.C14H20N2O4.C10H20NO6P.C9H18N2O3S.3CO2/c1-10(2-7-13(18)19)17-14(20)16-9-8-11-3-5-12(15)6-4-11;1-10(2-7-13(18)19)16-14(20)15-9-8-11-3-5-12(17)6-4-11;1-7(2-3-9(12)13)6-18(16,17)5-4-8(11)10(14)15;1-7(3-4-8(12)13)11-9(14)10-5-2-6-15;3*2-1-3/h3-6,10H,2,7-9,15H2,1H3,(H,18,19)(H2,16,17,20);3-6,10,17H,2,7-9H2,1H3,(H,18,19)(H2,15,16,20);7-8H,2-6,11H2,1H3,(H,12,13)(H,14,15)(H,16,17);7,15H,2-6H2,1H3,(H,12,13)(H2,10,11,14);;;/t2*10-;7-,8?;7-;;;/m1111.../s1. The normalized spacial score (nSPS) is 12.0. The molecule has 0 heterocycles. The number of carbonyl (C=O) groups excluding carboxylic acids is 9. The molecule has 0 aliphatic heterocycles. The van der Waals surface area contributed by atoms with Gasteiger partial charge in [-0.3, -0.25) is 28.5 Å². The SMILES string of the molecule is C[C@H](CCC(=O)O)CP(=O)(O)CCC(N)C(=O)O.C[C@H](CCC(=O)O)NC(=O)NCCCS.C[C@H](CCC(=O)O)NC(=O)NCCc1ccc(N)cc1.C[C@H](CCC(=O)O)NC(=O)NCCc1ccc(O)cc1.O=C=O.O=C=O.O=C=O. The summed E-state index contributed by atoms with van der Waals surface area (Å²) in [6, 6.07) is 11.8. The van der Waals surface area contributed by atoms with E-state index in [9.17, 15) is 47.8 Å². The summed E-state index contributed by atoms with van der Waals surface area (Å²) in [5, 5.41) is 67.8. The first-order chi connectivity index (χ1) is 38.4. The smallest absolute Gasteiger partial charge is 0.373 e. The van der Waals surface area contributed by atoms with Crippen LogP contribution in [-0.2, 0) is 70.1 Å². The molecule has 2 aromatic rings. The zero-order valence-electron chi connectivity index (χ0n) is 46.0. The highest BCUT2D eigenvalue weighted by Gasteiger charge is 2.25. The average molecular weight is 1210 g/mol. The maximum Gasteiger partial charge on any atom is 0.373 e. The van der Waals surface area contributed by atoms with E-state index in [1.165, 1.54) is 0 Å². The van der Waals surface area contributed by atoms with Crippen molar-refractivity contribution >= 4 is 92.1 Å². The number of hydrogen-bond donors (Lipinski definition) is 16. The quantitative estimate of drug-likeness (QED) is 0.0231. The molecule has 0 radical (unpaired) electrons. The second kappa shape index (κ2) is 53.5. The predicted octanol–water partition coefficient (Wildman–Crippen LogP) is 2.52. The largest absolute Gasteiger partial charge is 0.508 e. The van der Waals surface area contributed by atoms with Gasteiger partial charge in [0.15, 0.2) is 0 Å². The molecule has 32 heteroatoms. The molecule has 0 saturated carbocycles. The fraction of sp³-hybridized carbons (Fsp3) is 0.540. The van der Waals surface area contributed by atoms with Crippen LogP contribution in [-0.4, -0.2) is 164 Å². The van der Waals surface area contributed by atoms with Crippen LogP contribution in [0.4, 0.5) is 20.1 Å². The number of urea groups is 3. The summed E-state index contributed by atoms with van der Waals surface area (Å²) >= 11 is 4.01. The highest BCUT2D eigenvalue weighted by atomic mass is 32.1. The van der Waals surface area contributed by atoms with Gasteiger partial charge in [0, 0.05) is 81.5 Å². The first-order valence-electron chi connectivity index (χ1n) is 24.9. The molecule has 0 bridgehead atoms. The van der Waals surface area contributed by atoms with E-state index in [1.54, 1.807) is 52.0 Å². The lowest BCUT2D eigenvalue weighted by Gasteiger charge is -2.17. The van der Waals surface area contributed by atoms with Crippen molar-refractivity contribution in [3.8, 4) is 5.75 Å². The number of phenols is 1. The fourth-order valence-electron chi connectivity index (χ4n) is 5.83. The highest BCUT2D eigenvalue weighted by Crippen LogP contribution is 2.44. The number of carbonyl (C=O) groups is 8. The lowest BCUT2D eigenvalue weighted by molar-refractivity contribution is -0.193. The molecule has 0 saturated heterocycles. The predicted molar refractivity (Wildman–Crippen MR) is 294 cm³/mol. The Kier molecular flexibility index (Phi) is 53.9. The molecule has 0 fully saturated rings. The van der Waals surface area contributed by atoms with Crippen LogP contribution >= 0.6 is 20.0 Å². The van der Waals surface area contributed by atoms with Crippen molar-refractivity contribution in [2.45, 2.75) is 129 Å². The van der Waals surface area contributed by atoms with Crippen LogP contribution in [0.5, 0.6) is 5.75 Å². The molecule has 6 atom stereocenters. The Balaban J connectivity index is -0.000000307. The van der Waals surface area contributed by atoms with E-state index in [2.05, 4.69) is 44.5 Å². The van der Waals surface area contributed by atoms with E-state index in [0.29, 0.717) is 57.4 Å². The number of anilines is 1. The van der Waals surface area contributed by atoms with Gasteiger partial charge in [-0.1, -0.05) is 31.2 Å². The molecular formula is C50H79N8O22PS. The van der Waals surface area contributed by atoms with Crippen LogP contribution in [0, 0.1) is 5.92 Å². The monoisotopic (exact) mass is 1210 g/mol. The molecule has 2 aromatic carbocycles. The molecule has 30 nitrogen and oxygen atoms in total. The summed E-state index contributed by atoms with van der Waals surface area (Å²) in [6.07, 6.45) is 4.42. The Morgan fingerprint density at radius 1 is 0.549 bits per heavy atom. The van der Waals surface area contributed by atoms with Crippen molar-refractivity contribution in [3.63, 3.8) is 0 Å². The van der Waals surface area contributed by atoms with E-state index in [4.69, 9.17) is 70.9 Å². The average Bonchev–Trinajstić information content (AvgIpc) is 3.38. The molecule has 0 aliphatic carbocycles. The number of thiol groups is 1. The van der Waals surface area contributed by atoms with E-state index < -0.39 is 43.3 Å². The van der Waals surface area contributed by atoms with E-state index in [1.807, 2.05) is 24.3 Å². The summed E-state index contributed by atoms with van der Waals surface area (Å²) in [4.78, 5) is 145. The van der Waals surface area contributed by atoms with Gasteiger partial charge in [0.2, 0.25) is 7.37 Å². The van der Waals surface area contributed by atoms with Crippen LogP contribution in [0.1, 0.15) is 103 Å². The van der Waals surface area contributed by atoms with Crippen molar-refractivity contribution in [2.24, 2.45) is 11.7 Å². The fourth-order valence-corrected chi connectivity index (χ4v) is 8.01. The van der Waals surface area contributed by atoms with Gasteiger partial charge in [-0.25, -0.2) is 14.4 Å². The van der Waals surface area contributed by atoms with Crippen LogP contribution < -0.4 is 43.4 Å². The minimum absolute atomic E-state index is 0.00732. The van der Waals surface area contributed by atoms with Crippen LogP contribution in [0.2, 0.25) is 0 Å². The van der Waals surface area contributed by atoms with Gasteiger partial charge < -0.3 is 78.9 Å². The third kappa shape index (κ3) is 62.7. The number of rotatable bonds is 30. The Morgan fingerprint density at radius 2 is 0.866 bits per heavy atom. The molecule has 2 rings (SSSR count). The van der Waals surface area contributed by atoms with Gasteiger partial charge >= 0.3 is 66.4 Å². The maximum atomic E-state index is 11.8. The summed E-state index contributed by atoms with van der Waals surface area (Å²) in [5.74, 6) is -3.97. The number of nitrogen functional groups attached to an aromatic ring is 1. The number of carboxylic acid groups (broad SMARTS) is 5. The van der Waals surface area contributed by atoms with E-state index >= 15 is 0 Å². The number of aromatic hydroxyl groups is 1. The Hall–Kier alpha value is -8.16. The van der Waals surface area contributed by atoms with Gasteiger partial charge in [0.05, 0.1) is 0 Å². The number of carboxylic acids is 5. The van der Waals surface area contributed by atoms with E-state index in [0.717, 1.165) is 29.7 Å². The summed E-state index contributed by atoms with van der Waals surface area (Å²) in [5.41, 5.74) is 13.7. The van der Waals surface area contributed by atoms with E-state index in [-0.39, 0.29) is 111 Å². The molecular weight excluding hydrogens is 1130 g/mol. The van der Waals surface area contributed by atoms with Crippen molar-refractivity contribution < 1.29 is 107 Å². The number of phenolic OH excluding ortho intramolecular Hbond substituents is 1. The number of nitrogens with one attached hydrogen (secondary N) is 6. The molecule has 6 amide bonds. The zero-order chi connectivity index (χ0) is 64.1. The minimum Gasteiger partial charge on any atom is -0.508 e. The molecule has 0 spiro atoms. The van der Waals surface area contributed by atoms with Gasteiger partial charge in [0.25, 0.3) is 0 Å². The van der Waals surface area contributed by atoms with Crippen LogP contribution in [0.25, 0.3) is 0 Å². The Bertz CT molecular complexity index is 2180. The third-order valence-electron chi connectivity index (χ3n) is 10.00. The number of nitrogens with two attached hydrogens (primary N) is 2. The van der Waals surface area contributed by atoms with Crippen LogP contribution in [0.3, 0.4) is 0 Å². The van der Waals surface area contributed by atoms with Gasteiger partial charge in [0.1, 0.15) is 11.8 Å².